The highest BCUT2D eigenvalue weighted by Crippen LogP contribution is 2.20. The summed E-state index contributed by atoms with van der Waals surface area (Å²) >= 11 is 5.97. The summed E-state index contributed by atoms with van der Waals surface area (Å²) in [5, 5.41) is 6.68. The van der Waals surface area contributed by atoms with Crippen LogP contribution in [0.1, 0.15) is 11.1 Å². The maximum atomic E-state index is 12.1. The molecular formula is C20H18ClN3O. The van der Waals surface area contributed by atoms with Gasteiger partial charge in [0.25, 0.3) is 0 Å². The van der Waals surface area contributed by atoms with Gasteiger partial charge in [-0.2, -0.15) is 0 Å². The van der Waals surface area contributed by atoms with Crippen LogP contribution in [0.4, 0.5) is 17.2 Å². The number of nitrogens with zero attached hydrogens (tertiary/aromatic N) is 1. The zero-order chi connectivity index (χ0) is 17.6. The van der Waals surface area contributed by atoms with Crippen LogP contribution in [-0.4, -0.2) is 10.9 Å². The number of aryl methyl sites for hydroxylation is 1. The molecule has 1 amide bonds. The van der Waals surface area contributed by atoms with Crippen molar-refractivity contribution in [3.63, 3.8) is 0 Å². The minimum Gasteiger partial charge on any atom is -0.354 e. The van der Waals surface area contributed by atoms with E-state index in [2.05, 4.69) is 15.6 Å². The van der Waals surface area contributed by atoms with E-state index >= 15 is 0 Å². The number of pyridine rings is 1. The lowest BCUT2D eigenvalue weighted by Crippen LogP contribution is -2.15. The number of aromatic nitrogens is 1. The molecule has 0 bridgehead atoms. The summed E-state index contributed by atoms with van der Waals surface area (Å²) in [5.41, 5.74) is 3.85. The summed E-state index contributed by atoms with van der Waals surface area (Å²) in [5.74, 6) is 0.431. The van der Waals surface area contributed by atoms with E-state index in [9.17, 15) is 4.79 Å². The minimum atomic E-state index is -0.0908. The fraction of sp³-hybridized carbons (Fsp3) is 0.100. The maximum Gasteiger partial charge on any atom is 0.229 e. The van der Waals surface area contributed by atoms with Gasteiger partial charge in [0, 0.05) is 10.7 Å². The van der Waals surface area contributed by atoms with Crippen molar-refractivity contribution in [1.29, 1.82) is 0 Å². The summed E-state index contributed by atoms with van der Waals surface area (Å²) in [4.78, 5) is 16.4. The SMILES string of the molecule is Cc1ccc(CC(=O)Nc2ccc(Nc3cccc(Cl)c3)cn2)cc1. The van der Waals surface area contributed by atoms with Crippen molar-refractivity contribution in [1.82, 2.24) is 4.98 Å². The van der Waals surface area contributed by atoms with E-state index in [0.717, 1.165) is 16.9 Å². The molecule has 0 radical (unpaired) electrons. The number of benzene rings is 2. The second-order valence-corrected chi connectivity index (χ2v) is 6.21. The lowest BCUT2D eigenvalue weighted by molar-refractivity contribution is -0.115. The van der Waals surface area contributed by atoms with Gasteiger partial charge in [-0.15, -0.1) is 0 Å². The molecule has 4 nitrogen and oxygen atoms in total. The molecular weight excluding hydrogens is 334 g/mol. The van der Waals surface area contributed by atoms with Gasteiger partial charge in [0.05, 0.1) is 18.3 Å². The molecule has 1 heterocycles. The highest BCUT2D eigenvalue weighted by atomic mass is 35.5. The molecule has 126 valence electrons. The summed E-state index contributed by atoms with van der Waals surface area (Å²) in [6.07, 6.45) is 1.99. The smallest absolute Gasteiger partial charge is 0.229 e. The van der Waals surface area contributed by atoms with E-state index in [1.54, 1.807) is 12.3 Å². The quantitative estimate of drug-likeness (QED) is 0.682. The average Bonchev–Trinajstić information content (AvgIpc) is 2.59. The third kappa shape index (κ3) is 5.06. The summed E-state index contributed by atoms with van der Waals surface area (Å²) in [7, 11) is 0. The van der Waals surface area contributed by atoms with Crippen molar-refractivity contribution in [2.24, 2.45) is 0 Å². The normalized spacial score (nSPS) is 10.3. The van der Waals surface area contributed by atoms with Gasteiger partial charge in [0.1, 0.15) is 5.82 Å². The Morgan fingerprint density at radius 1 is 1.04 bits per heavy atom. The molecule has 3 rings (SSSR count). The fourth-order valence-electron chi connectivity index (χ4n) is 2.35. The molecule has 5 heteroatoms. The van der Waals surface area contributed by atoms with Gasteiger partial charge in [0.15, 0.2) is 0 Å². The maximum absolute atomic E-state index is 12.1. The van der Waals surface area contributed by atoms with Gasteiger partial charge >= 0.3 is 0 Å². The Labute approximate surface area is 151 Å². The number of hydrogen-bond acceptors (Lipinski definition) is 3. The monoisotopic (exact) mass is 351 g/mol. The van der Waals surface area contributed by atoms with Crippen molar-refractivity contribution in [2.45, 2.75) is 13.3 Å². The highest BCUT2D eigenvalue weighted by molar-refractivity contribution is 6.30. The molecule has 0 aliphatic rings. The first-order valence-corrected chi connectivity index (χ1v) is 8.30. The molecule has 1 aromatic heterocycles. The van der Waals surface area contributed by atoms with Crippen molar-refractivity contribution in [3.8, 4) is 0 Å². The van der Waals surface area contributed by atoms with Crippen LogP contribution in [0, 0.1) is 6.92 Å². The third-order valence-corrected chi connectivity index (χ3v) is 3.86. The number of halogens is 1. The Morgan fingerprint density at radius 3 is 2.52 bits per heavy atom. The number of rotatable bonds is 5. The summed E-state index contributed by atoms with van der Waals surface area (Å²) in [6.45, 7) is 2.02. The van der Waals surface area contributed by atoms with E-state index in [-0.39, 0.29) is 5.91 Å². The third-order valence-electron chi connectivity index (χ3n) is 3.63. The minimum absolute atomic E-state index is 0.0908. The Morgan fingerprint density at radius 2 is 1.84 bits per heavy atom. The fourth-order valence-corrected chi connectivity index (χ4v) is 2.54. The van der Waals surface area contributed by atoms with Crippen LogP contribution in [0.2, 0.25) is 5.02 Å². The first-order valence-electron chi connectivity index (χ1n) is 7.92. The zero-order valence-electron chi connectivity index (χ0n) is 13.8. The molecule has 0 spiro atoms. The molecule has 3 aromatic rings. The van der Waals surface area contributed by atoms with E-state index < -0.39 is 0 Å². The first kappa shape index (κ1) is 17.0. The van der Waals surface area contributed by atoms with Crippen molar-refractivity contribution >= 4 is 34.7 Å². The lowest BCUT2D eigenvalue weighted by atomic mass is 10.1. The average molecular weight is 352 g/mol. The number of carbonyl (C=O) groups excluding carboxylic acids is 1. The lowest BCUT2D eigenvalue weighted by Gasteiger charge is -2.08. The van der Waals surface area contributed by atoms with Crippen molar-refractivity contribution in [2.75, 3.05) is 10.6 Å². The molecule has 2 aromatic carbocycles. The Kier molecular flexibility index (Phi) is 5.31. The number of anilines is 3. The van der Waals surface area contributed by atoms with Gasteiger partial charge in [-0.25, -0.2) is 4.98 Å². The first-order chi connectivity index (χ1) is 12.1. The Bertz CT molecular complexity index is 861. The molecule has 0 unspecified atom stereocenters. The molecule has 0 atom stereocenters. The Balaban J connectivity index is 1.58. The summed E-state index contributed by atoms with van der Waals surface area (Å²) in [6, 6.07) is 19.0. The van der Waals surface area contributed by atoms with Crippen LogP contribution in [0.25, 0.3) is 0 Å². The second kappa shape index (κ2) is 7.81. The van der Waals surface area contributed by atoms with Crippen molar-refractivity contribution < 1.29 is 4.79 Å². The number of hydrogen-bond donors (Lipinski definition) is 2. The zero-order valence-corrected chi connectivity index (χ0v) is 14.5. The van der Waals surface area contributed by atoms with Crippen LogP contribution in [-0.2, 0) is 11.2 Å². The predicted octanol–water partition coefficient (Wildman–Crippen LogP) is 4.97. The number of carbonyl (C=O) groups is 1. The standard InChI is InChI=1S/C20H18ClN3O/c1-14-5-7-15(8-6-14)11-20(25)24-19-10-9-18(13-22-19)23-17-4-2-3-16(21)12-17/h2-10,12-13,23H,11H2,1H3,(H,22,24,25). The van der Waals surface area contributed by atoms with E-state index in [0.29, 0.717) is 17.3 Å². The van der Waals surface area contributed by atoms with Crippen LogP contribution < -0.4 is 10.6 Å². The highest BCUT2D eigenvalue weighted by Gasteiger charge is 2.05. The van der Waals surface area contributed by atoms with E-state index in [1.807, 2.05) is 61.5 Å². The predicted molar refractivity (Wildman–Crippen MR) is 102 cm³/mol. The van der Waals surface area contributed by atoms with Gasteiger partial charge in [-0.05, 0) is 42.8 Å². The van der Waals surface area contributed by atoms with Crippen LogP contribution in [0.5, 0.6) is 0 Å². The number of nitrogens with one attached hydrogen (secondary N) is 2. The molecule has 0 aliphatic carbocycles. The largest absolute Gasteiger partial charge is 0.354 e. The van der Waals surface area contributed by atoms with E-state index in [1.165, 1.54) is 5.56 Å². The molecule has 0 aliphatic heterocycles. The van der Waals surface area contributed by atoms with Gasteiger partial charge in [-0.3, -0.25) is 4.79 Å². The van der Waals surface area contributed by atoms with Gasteiger partial charge in [-0.1, -0.05) is 47.5 Å². The topological polar surface area (TPSA) is 54.0 Å². The second-order valence-electron chi connectivity index (χ2n) is 5.78. The van der Waals surface area contributed by atoms with Crippen molar-refractivity contribution in [3.05, 3.63) is 83.0 Å². The molecule has 0 saturated carbocycles. The van der Waals surface area contributed by atoms with Crippen LogP contribution in [0.3, 0.4) is 0 Å². The van der Waals surface area contributed by atoms with Gasteiger partial charge in [0.2, 0.25) is 5.91 Å². The Hall–Kier alpha value is -2.85. The molecule has 2 N–H and O–H groups in total. The molecule has 0 saturated heterocycles. The van der Waals surface area contributed by atoms with Gasteiger partial charge < -0.3 is 10.6 Å². The number of amides is 1. The van der Waals surface area contributed by atoms with Crippen LogP contribution >= 0.6 is 11.6 Å². The van der Waals surface area contributed by atoms with Crippen LogP contribution in [0.15, 0.2) is 66.9 Å². The molecule has 0 fully saturated rings. The summed E-state index contributed by atoms with van der Waals surface area (Å²) < 4.78 is 0. The van der Waals surface area contributed by atoms with E-state index in [4.69, 9.17) is 11.6 Å². The molecule has 25 heavy (non-hydrogen) atoms.